The number of thiazole rings is 1. The van der Waals surface area contributed by atoms with Gasteiger partial charge in [0.2, 0.25) is 0 Å². The number of amides is 1. The number of rotatable bonds is 4. The Kier molecular flexibility index (Phi) is 4.62. The summed E-state index contributed by atoms with van der Waals surface area (Å²) in [5.74, 6) is 0.418. The van der Waals surface area contributed by atoms with E-state index in [1.165, 1.54) is 11.3 Å². The average molecular weight is 311 g/mol. The van der Waals surface area contributed by atoms with E-state index < -0.39 is 6.10 Å². The first-order chi connectivity index (χ1) is 9.45. The quantitative estimate of drug-likeness (QED) is 0.934. The van der Waals surface area contributed by atoms with Gasteiger partial charge in [-0.15, -0.1) is 11.3 Å². The highest BCUT2D eigenvalue weighted by Crippen LogP contribution is 2.23. The van der Waals surface area contributed by atoms with Crippen molar-refractivity contribution in [3.05, 3.63) is 39.9 Å². The molecule has 1 amide bonds. The Morgan fingerprint density at radius 3 is 2.80 bits per heavy atom. The van der Waals surface area contributed by atoms with Crippen molar-refractivity contribution in [2.24, 2.45) is 0 Å². The Bertz CT molecular complexity index is 627. The van der Waals surface area contributed by atoms with Gasteiger partial charge >= 0.3 is 0 Å². The molecule has 0 aliphatic rings. The summed E-state index contributed by atoms with van der Waals surface area (Å²) in [6.45, 7) is 5.52. The molecule has 0 bridgehead atoms. The number of nitrogens with one attached hydrogen (secondary N) is 1. The maximum absolute atomic E-state index is 12.0. The summed E-state index contributed by atoms with van der Waals surface area (Å²) in [5.41, 5.74) is 0.891. The molecule has 0 spiro atoms. The van der Waals surface area contributed by atoms with Crippen LogP contribution < -0.4 is 10.1 Å². The van der Waals surface area contributed by atoms with Crippen molar-refractivity contribution in [2.75, 3.05) is 5.32 Å². The number of nitrogens with zero attached hydrogens (tertiary/aromatic N) is 1. The third-order valence-electron chi connectivity index (χ3n) is 2.66. The van der Waals surface area contributed by atoms with Gasteiger partial charge in [0.15, 0.2) is 11.2 Å². The summed E-state index contributed by atoms with van der Waals surface area (Å²) in [4.78, 5) is 17.1. The molecule has 106 valence electrons. The molecule has 0 unspecified atom stereocenters. The van der Waals surface area contributed by atoms with Crippen LogP contribution in [0.5, 0.6) is 5.75 Å². The highest BCUT2D eigenvalue weighted by molar-refractivity contribution is 7.15. The van der Waals surface area contributed by atoms with Gasteiger partial charge in [0.1, 0.15) is 5.75 Å². The van der Waals surface area contributed by atoms with Gasteiger partial charge in [-0.25, -0.2) is 4.98 Å². The highest BCUT2D eigenvalue weighted by Gasteiger charge is 2.17. The van der Waals surface area contributed by atoms with E-state index in [1.54, 1.807) is 31.3 Å². The van der Waals surface area contributed by atoms with E-state index in [1.807, 2.05) is 13.8 Å². The minimum Gasteiger partial charge on any atom is -0.481 e. The van der Waals surface area contributed by atoms with Crippen LogP contribution >= 0.6 is 22.9 Å². The van der Waals surface area contributed by atoms with Crippen LogP contribution in [0, 0.1) is 13.8 Å². The lowest BCUT2D eigenvalue weighted by molar-refractivity contribution is -0.122. The molecule has 1 aromatic carbocycles. The molecule has 6 heteroatoms. The number of ether oxygens (including phenoxy) is 1. The molecule has 1 N–H and O–H groups in total. The molecule has 0 aliphatic carbocycles. The zero-order chi connectivity index (χ0) is 14.7. The fraction of sp³-hybridized carbons (Fsp3) is 0.286. The largest absolute Gasteiger partial charge is 0.481 e. The lowest BCUT2D eigenvalue weighted by Gasteiger charge is -2.15. The third-order valence-corrected chi connectivity index (χ3v) is 3.72. The van der Waals surface area contributed by atoms with Crippen molar-refractivity contribution in [3.63, 3.8) is 0 Å². The number of carbonyl (C=O) groups is 1. The van der Waals surface area contributed by atoms with Gasteiger partial charge in [0.05, 0.1) is 0 Å². The smallest absolute Gasteiger partial charge is 0.266 e. The Labute approximate surface area is 126 Å². The first-order valence-electron chi connectivity index (χ1n) is 6.12. The second-order valence-corrected chi connectivity index (χ2v) is 6.11. The third kappa shape index (κ3) is 3.71. The van der Waals surface area contributed by atoms with Crippen LogP contribution in [-0.2, 0) is 4.79 Å². The van der Waals surface area contributed by atoms with Crippen molar-refractivity contribution in [1.29, 1.82) is 0 Å². The summed E-state index contributed by atoms with van der Waals surface area (Å²) in [6, 6.07) is 5.29. The molecule has 0 aliphatic heterocycles. The summed E-state index contributed by atoms with van der Waals surface area (Å²) >= 11 is 7.31. The summed E-state index contributed by atoms with van der Waals surface area (Å²) in [7, 11) is 0. The average Bonchev–Trinajstić information content (AvgIpc) is 2.78. The predicted molar refractivity (Wildman–Crippen MR) is 81.8 cm³/mol. The molecule has 2 rings (SSSR count). The molecule has 2 aromatic rings. The number of benzene rings is 1. The zero-order valence-electron chi connectivity index (χ0n) is 11.4. The fourth-order valence-corrected chi connectivity index (χ4v) is 2.50. The van der Waals surface area contributed by atoms with E-state index in [0.29, 0.717) is 15.9 Å². The van der Waals surface area contributed by atoms with Crippen molar-refractivity contribution in [2.45, 2.75) is 26.9 Å². The van der Waals surface area contributed by atoms with Gasteiger partial charge in [-0.2, -0.15) is 0 Å². The molecule has 1 atom stereocenters. The monoisotopic (exact) mass is 310 g/mol. The van der Waals surface area contributed by atoms with Crippen LogP contribution in [0.4, 0.5) is 5.13 Å². The van der Waals surface area contributed by atoms with Crippen LogP contribution in [-0.4, -0.2) is 17.0 Å². The van der Waals surface area contributed by atoms with Crippen molar-refractivity contribution < 1.29 is 9.53 Å². The lowest BCUT2D eigenvalue weighted by atomic mass is 10.2. The molecule has 0 radical (unpaired) electrons. The maximum atomic E-state index is 12.0. The zero-order valence-corrected chi connectivity index (χ0v) is 13.0. The van der Waals surface area contributed by atoms with Gasteiger partial charge in [-0.1, -0.05) is 11.6 Å². The molecule has 0 saturated heterocycles. The van der Waals surface area contributed by atoms with Crippen molar-refractivity contribution in [1.82, 2.24) is 4.98 Å². The number of hydrogen-bond acceptors (Lipinski definition) is 4. The number of aromatic nitrogens is 1. The van der Waals surface area contributed by atoms with Crippen LogP contribution in [0.15, 0.2) is 24.4 Å². The van der Waals surface area contributed by atoms with Gasteiger partial charge in [0.25, 0.3) is 5.91 Å². The lowest BCUT2D eigenvalue weighted by Crippen LogP contribution is -2.30. The van der Waals surface area contributed by atoms with Crippen LogP contribution in [0.1, 0.15) is 17.4 Å². The first kappa shape index (κ1) is 14.8. The Hall–Kier alpha value is -1.59. The Morgan fingerprint density at radius 1 is 1.45 bits per heavy atom. The van der Waals surface area contributed by atoms with E-state index in [0.717, 1.165) is 10.4 Å². The Balaban J connectivity index is 2.00. The van der Waals surface area contributed by atoms with Crippen molar-refractivity contribution in [3.8, 4) is 5.75 Å². The standard InChI is InChI=1S/C14H15ClN2O2S/c1-8-6-11(15)4-5-12(8)19-10(3)13(18)17-14-16-7-9(2)20-14/h4-7,10H,1-3H3,(H,16,17,18)/t10-/m0/s1. The number of hydrogen-bond donors (Lipinski definition) is 1. The van der Waals surface area contributed by atoms with Crippen LogP contribution in [0.3, 0.4) is 0 Å². The Morgan fingerprint density at radius 2 is 2.20 bits per heavy atom. The molecular weight excluding hydrogens is 296 g/mol. The van der Waals surface area contributed by atoms with E-state index in [4.69, 9.17) is 16.3 Å². The molecule has 0 saturated carbocycles. The topological polar surface area (TPSA) is 51.2 Å². The fourth-order valence-electron chi connectivity index (χ4n) is 1.61. The predicted octanol–water partition coefficient (Wildman–Crippen LogP) is 3.82. The van der Waals surface area contributed by atoms with Gasteiger partial charge in [-0.05, 0) is 44.5 Å². The second kappa shape index (κ2) is 6.24. The summed E-state index contributed by atoms with van der Waals surface area (Å²) < 4.78 is 5.65. The summed E-state index contributed by atoms with van der Waals surface area (Å²) in [5, 5.41) is 3.95. The van der Waals surface area contributed by atoms with E-state index >= 15 is 0 Å². The maximum Gasteiger partial charge on any atom is 0.266 e. The van der Waals surface area contributed by atoms with Crippen LogP contribution in [0.2, 0.25) is 5.02 Å². The minimum atomic E-state index is -0.612. The summed E-state index contributed by atoms with van der Waals surface area (Å²) in [6.07, 6.45) is 1.11. The number of aryl methyl sites for hydroxylation is 2. The second-order valence-electron chi connectivity index (χ2n) is 4.44. The first-order valence-corrected chi connectivity index (χ1v) is 7.31. The molecule has 1 heterocycles. The van der Waals surface area contributed by atoms with Crippen LogP contribution in [0.25, 0.3) is 0 Å². The minimum absolute atomic E-state index is 0.228. The van der Waals surface area contributed by atoms with E-state index in [-0.39, 0.29) is 5.91 Å². The molecule has 0 fully saturated rings. The normalized spacial score (nSPS) is 12.0. The molecular formula is C14H15ClN2O2S. The van der Waals surface area contributed by atoms with Gasteiger partial charge < -0.3 is 4.74 Å². The number of anilines is 1. The molecule has 1 aromatic heterocycles. The number of halogens is 1. The van der Waals surface area contributed by atoms with Crippen molar-refractivity contribution >= 4 is 34.0 Å². The van der Waals surface area contributed by atoms with Gasteiger partial charge in [-0.3, -0.25) is 10.1 Å². The molecule has 4 nitrogen and oxygen atoms in total. The van der Waals surface area contributed by atoms with Gasteiger partial charge in [0, 0.05) is 16.1 Å². The van der Waals surface area contributed by atoms with E-state index in [2.05, 4.69) is 10.3 Å². The number of carbonyl (C=O) groups excluding carboxylic acids is 1. The highest BCUT2D eigenvalue weighted by atomic mass is 35.5. The van der Waals surface area contributed by atoms with E-state index in [9.17, 15) is 4.79 Å². The SMILES string of the molecule is Cc1cnc(NC(=O)[C@H](C)Oc2ccc(Cl)cc2C)s1. The molecule has 20 heavy (non-hydrogen) atoms.